The fourth-order valence-electron chi connectivity index (χ4n) is 2.61. The van der Waals surface area contributed by atoms with Crippen molar-refractivity contribution >= 4 is 18.2 Å². The van der Waals surface area contributed by atoms with Crippen LogP contribution in [0, 0.1) is 11.8 Å². The van der Waals surface area contributed by atoms with Gasteiger partial charge in [0.25, 0.3) is 0 Å². The van der Waals surface area contributed by atoms with E-state index in [-0.39, 0.29) is 18.3 Å². The van der Waals surface area contributed by atoms with E-state index in [0.29, 0.717) is 5.78 Å². The second-order valence-electron chi connectivity index (χ2n) is 6.02. The van der Waals surface area contributed by atoms with Crippen LogP contribution in [0.4, 0.5) is 0 Å². The van der Waals surface area contributed by atoms with E-state index >= 15 is 0 Å². The van der Waals surface area contributed by atoms with Crippen LogP contribution in [0.15, 0.2) is 24.3 Å². The molecule has 1 aliphatic rings. The number of rotatable bonds is 5. The van der Waals surface area contributed by atoms with E-state index in [9.17, 15) is 4.79 Å². The number of Topliss-reactive ketones (excluding diaryl/α,β-unsaturated/α-hetero) is 1. The van der Waals surface area contributed by atoms with Gasteiger partial charge in [0.05, 0.1) is 0 Å². The average molecular weight is 296 g/mol. The summed E-state index contributed by atoms with van der Waals surface area (Å²) in [6.45, 7) is 6.44. The normalized spacial score (nSPS) is 15.9. The second kappa shape index (κ2) is 8.43. The first-order valence-electron chi connectivity index (χ1n) is 7.50. The molecular weight excluding hydrogens is 270 g/mol. The Morgan fingerprint density at radius 2 is 1.80 bits per heavy atom. The van der Waals surface area contributed by atoms with Crippen molar-refractivity contribution in [2.75, 3.05) is 13.1 Å². The first-order chi connectivity index (χ1) is 9.16. The van der Waals surface area contributed by atoms with E-state index in [1.54, 1.807) is 0 Å². The lowest BCUT2D eigenvalue weighted by molar-refractivity contribution is 0.0895. The van der Waals surface area contributed by atoms with Gasteiger partial charge in [-0.1, -0.05) is 38.1 Å². The van der Waals surface area contributed by atoms with Gasteiger partial charge in [0, 0.05) is 11.5 Å². The van der Waals surface area contributed by atoms with Crippen LogP contribution >= 0.6 is 12.4 Å². The number of carbonyl (C=O) groups is 1. The number of ketones is 1. The Kier molecular flexibility index (Phi) is 7.25. The lowest BCUT2D eigenvalue weighted by Crippen LogP contribution is -2.31. The fourth-order valence-corrected chi connectivity index (χ4v) is 2.61. The smallest absolute Gasteiger partial charge is 0.166 e. The molecule has 1 aliphatic heterocycles. The van der Waals surface area contributed by atoms with Gasteiger partial charge in [0.1, 0.15) is 0 Å². The number of carbonyl (C=O) groups excluding carboxylic acids is 1. The number of hydrogen-bond donors (Lipinski definition) is 1. The molecule has 1 aromatic carbocycles. The van der Waals surface area contributed by atoms with Gasteiger partial charge in [-0.2, -0.15) is 0 Å². The number of piperidine rings is 1. The summed E-state index contributed by atoms with van der Waals surface area (Å²) in [6.07, 6.45) is 4.28. The molecule has 0 saturated carbocycles. The van der Waals surface area contributed by atoms with Crippen LogP contribution in [0.2, 0.25) is 0 Å². The van der Waals surface area contributed by atoms with E-state index in [1.807, 2.05) is 12.1 Å². The van der Waals surface area contributed by atoms with E-state index < -0.39 is 0 Å². The molecular formula is C17H26ClNO. The molecule has 112 valence electrons. The van der Waals surface area contributed by atoms with Gasteiger partial charge in [-0.05, 0) is 50.3 Å². The standard InChI is InChI=1S/C17H25NO.ClH/c1-13(2)3-4-14-5-7-15(8-6-14)17(19)16-9-11-18-12-10-16;/h5-8,13,16,18H,3-4,9-12H2,1-2H3;1H. The molecule has 0 spiro atoms. The molecule has 3 heteroatoms. The summed E-state index contributed by atoms with van der Waals surface area (Å²) in [5, 5.41) is 3.31. The largest absolute Gasteiger partial charge is 0.317 e. The molecule has 1 fully saturated rings. The van der Waals surface area contributed by atoms with Gasteiger partial charge in [0.2, 0.25) is 0 Å². The summed E-state index contributed by atoms with van der Waals surface area (Å²) in [5.74, 6) is 1.29. The number of halogens is 1. The summed E-state index contributed by atoms with van der Waals surface area (Å²) in [7, 11) is 0. The molecule has 2 nitrogen and oxygen atoms in total. The molecule has 1 heterocycles. The van der Waals surface area contributed by atoms with Crippen LogP contribution in [0.1, 0.15) is 49.0 Å². The van der Waals surface area contributed by atoms with E-state index in [1.165, 1.54) is 12.0 Å². The van der Waals surface area contributed by atoms with Gasteiger partial charge < -0.3 is 5.32 Å². The zero-order valence-corrected chi connectivity index (χ0v) is 13.3. The van der Waals surface area contributed by atoms with Crippen LogP contribution in [0.25, 0.3) is 0 Å². The van der Waals surface area contributed by atoms with Crippen molar-refractivity contribution in [1.82, 2.24) is 5.32 Å². The van der Waals surface area contributed by atoms with Crippen molar-refractivity contribution in [3.8, 4) is 0 Å². The maximum absolute atomic E-state index is 12.3. The Labute approximate surface area is 128 Å². The molecule has 1 N–H and O–H groups in total. The van der Waals surface area contributed by atoms with Gasteiger partial charge in [-0.3, -0.25) is 4.79 Å². The maximum atomic E-state index is 12.3. The molecule has 0 radical (unpaired) electrons. The minimum Gasteiger partial charge on any atom is -0.317 e. The van der Waals surface area contributed by atoms with Crippen molar-refractivity contribution in [2.24, 2.45) is 11.8 Å². The van der Waals surface area contributed by atoms with Gasteiger partial charge >= 0.3 is 0 Å². The topological polar surface area (TPSA) is 29.1 Å². The molecule has 2 rings (SSSR count). The van der Waals surface area contributed by atoms with Gasteiger partial charge in [0.15, 0.2) is 5.78 Å². The molecule has 0 bridgehead atoms. The fraction of sp³-hybridized carbons (Fsp3) is 0.588. The Balaban J connectivity index is 0.00000200. The molecule has 0 aromatic heterocycles. The first kappa shape index (κ1) is 17.2. The molecule has 0 amide bonds. The molecule has 1 aromatic rings. The van der Waals surface area contributed by atoms with Crippen LogP contribution < -0.4 is 5.32 Å². The highest BCUT2D eigenvalue weighted by molar-refractivity contribution is 5.97. The van der Waals surface area contributed by atoms with Crippen LogP contribution in [-0.2, 0) is 6.42 Å². The molecule has 1 saturated heterocycles. The third kappa shape index (κ3) is 4.92. The third-order valence-corrected chi connectivity index (χ3v) is 3.96. The van der Waals surface area contributed by atoms with E-state index in [0.717, 1.165) is 43.8 Å². The van der Waals surface area contributed by atoms with Gasteiger partial charge in [-0.25, -0.2) is 0 Å². The number of aryl methyl sites for hydroxylation is 1. The van der Waals surface area contributed by atoms with Crippen molar-refractivity contribution in [1.29, 1.82) is 0 Å². The summed E-state index contributed by atoms with van der Waals surface area (Å²) in [6, 6.07) is 8.27. The Morgan fingerprint density at radius 3 is 2.35 bits per heavy atom. The zero-order chi connectivity index (χ0) is 13.7. The van der Waals surface area contributed by atoms with Crippen molar-refractivity contribution in [2.45, 2.75) is 39.5 Å². The van der Waals surface area contributed by atoms with Crippen LogP contribution in [0.5, 0.6) is 0 Å². The Morgan fingerprint density at radius 1 is 1.20 bits per heavy atom. The van der Waals surface area contributed by atoms with Crippen LogP contribution in [-0.4, -0.2) is 18.9 Å². The minimum atomic E-state index is 0. The second-order valence-corrected chi connectivity index (χ2v) is 6.02. The van der Waals surface area contributed by atoms with Gasteiger partial charge in [-0.15, -0.1) is 12.4 Å². The highest BCUT2D eigenvalue weighted by Gasteiger charge is 2.21. The minimum absolute atomic E-state index is 0. The number of benzene rings is 1. The molecule has 0 unspecified atom stereocenters. The number of hydrogen-bond acceptors (Lipinski definition) is 2. The lowest BCUT2D eigenvalue weighted by Gasteiger charge is -2.21. The summed E-state index contributed by atoms with van der Waals surface area (Å²) in [4.78, 5) is 12.3. The predicted octanol–water partition coefficient (Wildman–Crippen LogP) is 3.88. The maximum Gasteiger partial charge on any atom is 0.166 e. The average Bonchev–Trinajstić information content (AvgIpc) is 2.46. The van der Waals surface area contributed by atoms with Crippen molar-refractivity contribution in [3.63, 3.8) is 0 Å². The zero-order valence-electron chi connectivity index (χ0n) is 12.5. The first-order valence-corrected chi connectivity index (χ1v) is 7.50. The Hall–Kier alpha value is -0.860. The quantitative estimate of drug-likeness (QED) is 0.835. The number of nitrogens with one attached hydrogen (secondary N) is 1. The summed E-state index contributed by atoms with van der Waals surface area (Å²) >= 11 is 0. The Bertz CT molecular complexity index is 408. The van der Waals surface area contributed by atoms with E-state index in [2.05, 4.69) is 31.3 Å². The third-order valence-electron chi connectivity index (χ3n) is 3.96. The van der Waals surface area contributed by atoms with Crippen molar-refractivity contribution < 1.29 is 4.79 Å². The molecule has 0 aliphatic carbocycles. The predicted molar refractivity (Wildman–Crippen MR) is 86.8 cm³/mol. The van der Waals surface area contributed by atoms with Crippen LogP contribution in [0.3, 0.4) is 0 Å². The molecule has 20 heavy (non-hydrogen) atoms. The highest BCUT2D eigenvalue weighted by Crippen LogP contribution is 2.19. The lowest BCUT2D eigenvalue weighted by atomic mass is 9.89. The monoisotopic (exact) mass is 295 g/mol. The molecule has 0 atom stereocenters. The van der Waals surface area contributed by atoms with Crippen molar-refractivity contribution in [3.05, 3.63) is 35.4 Å². The summed E-state index contributed by atoms with van der Waals surface area (Å²) in [5.41, 5.74) is 2.23. The van der Waals surface area contributed by atoms with E-state index in [4.69, 9.17) is 0 Å². The SMILES string of the molecule is CC(C)CCc1ccc(C(=O)C2CCNCC2)cc1.Cl. The highest BCUT2D eigenvalue weighted by atomic mass is 35.5. The summed E-state index contributed by atoms with van der Waals surface area (Å²) < 4.78 is 0.